The zero-order valence-corrected chi connectivity index (χ0v) is 13.8. The van der Waals surface area contributed by atoms with Crippen molar-refractivity contribution in [3.8, 4) is 0 Å². The van der Waals surface area contributed by atoms with Gasteiger partial charge in [0.2, 0.25) is 0 Å². The third-order valence-electron chi connectivity index (χ3n) is 5.17. The van der Waals surface area contributed by atoms with Gasteiger partial charge in [-0.15, -0.1) is 6.58 Å². The van der Waals surface area contributed by atoms with Crippen molar-refractivity contribution < 1.29 is 5.11 Å². The fourth-order valence-electron chi connectivity index (χ4n) is 4.03. The lowest BCUT2D eigenvalue weighted by Crippen LogP contribution is -2.65. The van der Waals surface area contributed by atoms with Crippen LogP contribution in [-0.2, 0) is 5.60 Å². The average molecular weight is 337 g/mol. The van der Waals surface area contributed by atoms with Crippen molar-refractivity contribution in [3.05, 3.63) is 40.9 Å². The second-order valence-corrected chi connectivity index (χ2v) is 7.40. The predicted octanol–water partition coefficient (Wildman–Crippen LogP) is 3.31. The maximum absolute atomic E-state index is 11.5. The minimum atomic E-state index is -0.893. The molecule has 0 bridgehead atoms. The molecule has 1 saturated heterocycles. The Morgan fingerprint density at radius 1 is 1.50 bits per heavy atom. The van der Waals surface area contributed by atoms with Crippen molar-refractivity contribution >= 4 is 21.6 Å². The SMILES string of the molecule is C=CC(C)(C)C12Nc3cc(Br)ccc3C1(O)CCN2C. The second-order valence-electron chi connectivity index (χ2n) is 6.48. The number of nitrogens with zero attached hydrogens (tertiary/aromatic N) is 1. The van der Waals surface area contributed by atoms with E-state index in [4.69, 9.17) is 0 Å². The molecule has 108 valence electrons. The number of hydrogen-bond donors (Lipinski definition) is 2. The van der Waals surface area contributed by atoms with Gasteiger partial charge in [-0.25, -0.2) is 0 Å². The predicted molar refractivity (Wildman–Crippen MR) is 85.6 cm³/mol. The molecule has 1 fully saturated rings. The standard InChI is InChI=1S/C16H21BrN2O/c1-5-14(2,3)16-15(20,8-9-19(16)4)12-7-6-11(17)10-13(12)18-16/h5-7,10,18,20H,1,8-9H2,2-4H3. The van der Waals surface area contributed by atoms with Crippen molar-refractivity contribution in [2.45, 2.75) is 31.5 Å². The first-order valence-electron chi connectivity index (χ1n) is 6.94. The van der Waals surface area contributed by atoms with Crippen LogP contribution < -0.4 is 5.32 Å². The van der Waals surface area contributed by atoms with Crippen LogP contribution in [0.2, 0.25) is 0 Å². The van der Waals surface area contributed by atoms with E-state index in [9.17, 15) is 5.11 Å². The summed E-state index contributed by atoms with van der Waals surface area (Å²) < 4.78 is 1.02. The fraction of sp³-hybridized carbons (Fsp3) is 0.500. The number of likely N-dealkylation sites (N-methyl/N-ethyl adjacent to an activating group) is 1. The summed E-state index contributed by atoms with van der Waals surface area (Å²) in [5.41, 5.74) is 0.266. The molecule has 2 aliphatic rings. The number of rotatable bonds is 2. The Morgan fingerprint density at radius 3 is 2.85 bits per heavy atom. The summed E-state index contributed by atoms with van der Waals surface area (Å²) in [7, 11) is 2.07. The van der Waals surface area contributed by atoms with Crippen molar-refractivity contribution in [1.82, 2.24) is 4.90 Å². The number of aliphatic hydroxyl groups is 1. The summed E-state index contributed by atoms with van der Waals surface area (Å²) in [4.78, 5) is 2.22. The smallest absolute Gasteiger partial charge is 0.133 e. The van der Waals surface area contributed by atoms with Crippen LogP contribution in [0.25, 0.3) is 0 Å². The van der Waals surface area contributed by atoms with Gasteiger partial charge in [0.25, 0.3) is 0 Å². The number of hydrogen-bond acceptors (Lipinski definition) is 3. The molecule has 0 amide bonds. The summed E-state index contributed by atoms with van der Waals surface area (Å²) in [6.07, 6.45) is 2.66. The molecule has 3 rings (SSSR count). The highest BCUT2D eigenvalue weighted by Crippen LogP contribution is 2.60. The van der Waals surface area contributed by atoms with Gasteiger partial charge in [0, 0.05) is 27.7 Å². The first-order chi connectivity index (χ1) is 9.28. The Hall–Kier alpha value is -0.840. The van der Waals surface area contributed by atoms with Gasteiger partial charge in [0.1, 0.15) is 11.3 Å². The molecular formula is C16H21BrN2O. The van der Waals surface area contributed by atoms with Crippen LogP contribution in [0, 0.1) is 5.41 Å². The summed E-state index contributed by atoms with van der Waals surface area (Å²) in [5, 5.41) is 15.1. The lowest BCUT2D eigenvalue weighted by atomic mass is 9.69. The highest BCUT2D eigenvalue weighted by Gasteiger charge is 2.68. The minimum Gasteiger partial charge on any atom is -0.381 e. The van der Waals surface area contributed by atoms with Crippen LogP contribution in [0.1, 0.15) is 25.8 Å². The Labute approximate surface area is 128 Å². The molecule has 0 aliphatic carbocycles. The van der Waals surface area contributed by atoms with Crippen LogP contribution >= 0.6 is 15.9 Å². The zero-order chi connectivity index (χ0) is 14.8. The van der Waals surface area contributed by atoms with E-state index < -0.39 is 11.3 Å². The maximum atomic E-state index is 11.5. The van der Waals surface area contributed by atoms with E-state index in [0.717, 1.165) is 28.7 Å². The third-order valence-corrected chi connectivity index (χ3v) is 5.66. The van der Waals surface area contributed by atoms with Crippen LogP contribution in [0.5, 0.6) is 0 Å². The van der Waals surface area contributed by atoms with E-state index >= 15 is 0 Å². The quantitative estimate of drug-likeness (QED) is 0.813. The number of benzene rings is 1. The van der Waals surface area contributed by atoms with Crippen LogP contribution in [0.15, 0.2) is 35.3 Å². The van der Waals surface area contributed by atoms with Crippen LogP contribution in [-0.4, -0.2) is 29.3 Å². The van der Waals surface area contributed by atoms with Gasteiger partial charge >= 0.3 is 0 Å². The molecule has 2 aliphatic heterocycles. The van der Waals surface area contributed by atoms with Gasteiger partial charge in [-0.1, -0.05) is 41.9 Å². The van der Waals surface area contributed by atoms with E-state index in [-0.39, 0.29) is 5.41 Å². The molecule has 2 N–H and O–H groups in total. The molecule has 2 atom stereocenters. The number of nitrogens with one attached hydrogen (secondary N) is 1. The van der Waals surface area contributed by atoms with Gasteiger partial charge in [-0.2, -0.15) is 0 Å². The highest BCUT2D eigenvalue weighted by atomic mass is 79.9. The van der Waals surface area contributed by atoms with Crippen LogP contribution in [0.3, 0.4) is 0 Å². The monoisotopic (exact) mass is 336 g/mol. The number of likely N-dealkylation sites (tertiary alicyclic amines) is 1. The average Bonchev–Trinajstić information content (AvgIpc) is 2.80. The first-order valence-corrected chi connectivity index (χ1v) is 7.73. The van der Waals surface area contributed by atoms with Gasteiger partial charge in [0.15, 0.2) is 0 Å². The Bertz CT molecular complexity index is 586. The fourth-order valence-corrected chi connectivity index (χ4v) is 4.39. The molecular weight excluding hydrogens is 316 g/mol. The molecule has 0 spiro atoms. The second kappa shape index (κ2) is 4.09. The van der Waals surface area contributed by atoms with Crippen LogP contribution in [0.4, 0.5) is 5.69 Å². The highest BCUT2D eigenvalue weighted by molar-refractivity contribution is 9.10. The number of halogens is 1. The van der Waals surface area contributed by atoms with Crippen molar-refractivity contribution in [1.29, 1.82) is 0 Å². The normalized spacial score (nSPS) is 32.6. The topological polar surface area (TPSA) is 35.5 Å². The number of fused-ring (bicyclic) bond motifs is 3. The van der Waals surface area contributed by atoms with Crippen molar-refractivity contribution in [2.75, 3.05) is 18.9 Å². The van der Waals surface area contributed by atoms with Crippen molar-refractivity contribution in [2.24, 2.45) is 5.41 Å². The lowest BCUT2D eigenvalue weighted by molar-refractivity contribution is -0.0824. The third kappa shape index (κ3) is 1.42. The van der Waals surface area contributed by atoms with Gasteiger partial charge in [-0.3, -0.25) is 4.90 Å². The molecule has 3 nitrogen and oxygen atoms in total. The maximum Gasteiger partial charge on any atom is 0.133 e. The van der Waals surface area contributed by atoms with E-state index in [1.807, 2.05) is 24.3 Å². The van der Waals surface area contributed by atoms with Gasteiger partial charge < -0.3 is 10.4 Å². The molecule has 0 aromatic heterocycles. The molecule has 4 heteroatoms. The van der Waals surface area contributed by atoms with Crippen molar-refractivity contribution in [3.63, 3.8) is 0 Å². The molecule has 1 aromatic carbocycles. The zero-order valence-electron chi connectivity index (χ0n) is 12.2. The Kier molecular flexibility index (Phi) is 2.89. The van der Waals surface area contributed by atoms with E-state index in [0.29, 0.717) is 0 Å². The molecule has 0 radical (unpaired) electrons. The minimum absolute atomic E-state index is 0.279. The lowest BCUT2D eigenvalue weighted by Gasteiger charge is -2.50. The summed E-state index contributed by atoms with van der Waals surface area (Å²) >= 11 is 3.51. The molecule has 2 heterocycles. The Morgan fingerprint density at radius 2 is 2.20 bits per heavy atom. The van der Waals surface area contributed by atoms with Gasteiger partial charge in [0.05, 0.1) is 0 Å². The largest absolute Gasteiger partial charge is 0.381 e. The van der Waals surface area contributed by atoms with Gasteiger partial charge in [-0.05, 0) is 25.6 Å². The molecule has 0 saturated carbocycles. The first kappa shape index (κ1) is 14.1. The van der Waals surface area contributed by atoms with E-state index in [1.54, 1.807) is 0 Å². The summed E-state index contributed by atoms with van der Waals surface area (Å²) in [6.45, 7) is 9.10. The number of anilines is 1. The Balaban J connectivity index is 2.26. The van der Waals surface area contributed by atoms with E-state index in [2.05, 4.69) is 53.6 Å². The molecule has 20 heavy (non-hydrogen) atoms. The van der Waals surface area contributed by atoms with E-state index in [1.165, 1.54) is 0 Å². The summed E-state index contributed by atoms with van der Waals surface area (Å²) in [5.74, 6) is 0. The molecule has 2 unspecified atom stereocenters. The molecule has 1 aromatic rings. The summed E-state index contributed by atoms with van der Waals surface area (Å²) in [6, 6.07) is 6.06.